The lowest BCUT2D eigenvalue weighted by molar-refractivity contribution is 0.103. The van der Waals surface area contributed by atoms with Crippen LogP contribution < -0.4 is 15.2 Å². The fourth-order valence-corrected chi connectivity index (χ4v) is 3.65. The van der Waals surface area contributed by atoms with Gasteiger partial charge in [-0.05, 0) is 72.6 Å². The molecule has 6 rings (SSSR count). The average molecular weight is 393 g/mol. The molecule has 2 aliphatic rings. The summed E-state index contributed by atoms with van der Waals surface area (Å²) in [6.07, 6.45) is 0. The van der Waals surface area contributed by atoms with E-state index in [1.807, 2.05) is 55.5 Å². The predicted octanol–water partition coefficient (Wildman–Crippen LogP) is 6.37. The highest BCUT2D eigenvalue weighted by molar-refractivity contribution is 6.14. The molecule has 0 unspecified atom stereocenters. The average Bonchev–Trinajstić information content (AvgIpc) is 3.05. The second-order valence-electron chi connectivity index (χ2n) is 7.29. The van der Waals surface area contributed by atoms with Crippen molar-refractivity contribution in [2.75, 3.05) is 5.73 Å². The van der Waals surface area contributed by atoms with E-state index in [1.165, 1.54) is 0 Å². The maximum Gasteiger partial charge on any atom is 0.193 e. The highest BCUT2D eigenvalue weighted by Gasteiger charge is 2.23. The van der Waals surface area contributed by atoms with Crippen molar-refractivity contribution in [2.45, 2.75) is 6.92 Å². The highest BCUT2D eigenvalue weighted by atomic mass is 16.5. The lowest BCUT2D eigenvalue weighted by Gasteiger charge is -2.14. The third-order valence-electron chi connectivity index (χ3n) is 5.17. The van der Waals surface area contributed by atoms with Crippen LogP contribution in [0.3, 0.4) is 0 Å². The fourth-order valence-electron chi connectivity index (χ4n) is 3.65. The van der Waals surface area contributed by atoms with Crippen molar-refractivity contribution >= 4 is 11.5 Å². The lowest BCUT2D eigenvalue weighted by atomic mass is 9.92. The number of ketones is 1. The number of ether oxygens (including phenoxy) is 2. The van der Waals surface area contributed by atoms with Gasteiger partial charge >= 0.3 is 0 Å². The Morgan fingerprint density at radius 2 is 1.63 bits per heavy atom. The van der Waals surface area contributed by atoms with Crippen molar-refractivity contribution in [2.24, 2.45) is 0 Å². The Labute approximate surface area is 174 Å². The first-order chi connectivity index (χ1) is 14.6. The van der Waals surface area contributed by atoms with Crippen LogP contribution in [-0.2, 0) is 0 Å². The number of carbonyl (C=O) groups excluding carboxylic acids is 1. The van der Waals surface area contributed by atoms with E-state index in [9.17, 15) is 4.79 Å². The molecular weight excluding hydrogens is 374 g/mol. The molecule has 0 saturated carbocycles. The smallest absolute Gasteiger partial charge is 0.193 e. The minimum Gasteiger partial charge on any atom is -0.457 e. The van der Waals surface area contributed by atoms with Gasteiger partial charge in [-0.2, -0.15) is 0 Å². The largest absolute Gasteiger partial charge is 0.457 e. The first-order valence-corrected chi connectivity index (χ1v) is 9.68. The van der Waals surface area contributed by atoms with Gasteiger partial charge in [-0.15, -0.1) is 0 Å². The maximum atomic E-state index is 13.3. The number of rotatable bonds is 4. The molecule has 2 N–H and O–H groups in total. The second-order valence-corrected chi connectivity index (χ2v) is 7.29. The minimum atomic E-state index is -0.0602. The van der Waals surface area contributed by atoms with Crippen LogP contribution in [-0.4, -0.2) is 5.78 Å². The van der Waals surface area contributed by atoms with E-state index in [-0.39, 0.29) is 5.78 Å². The van der Waals surface area contributed by atoms with Crippen LogP contribution in [0.2, 0.25) is 0 Å². The Kier molecular flexibility index (Phi) is 4.25. The van der Waals surface area contributed by atoms with Gasteiger partial charge in [0.1, 0.15) is 23.0 Å². The third kappa shape index (κ3) is 3.18. The molecule has 4 heteroatoms. The molecule has 0 spiro atoms. The first kappa shape index (κ1) is 18.0. The third-order valence-corrected chi connectivity index (χ3v) is 5.17. The van der Waals surface area contributed by atoms with Gasteiger partial charge in [-0.25, -0.2) is 0 Å². The molecule has 146 valence electrons. The SMILES string of the molecule is Cc1ccc(C(=O)c2ccc(Oc3cccc(N)c3)cc2)c2c1Oc1ccc-2cc1. The number of fused-ring (bicyclic) bond motifs is 2. The summed E-state index contributed by atoms with van der Waals surface area (Å²) in [5.41, 5.74) is 10.4. The summed E-state index contributed by atoms with van der Waals surface area (Å²) >= 11 is 0. The van der Waals surface area contributed by atoms with Crippen LogP contribution in [0.4, 0.5) is 5.69 Å². The molecule has 2 aliphatic heterocycles. The van der Waals surface area contributed by atoms with E-state index < -0.39 is 0 Å². The Hall–Kier alpha value is -4.05. The normalized spacial score (nSPS) is 11.4. The quantitative estimate of drug-likeness (QED) is 0.284. The molecule has 4 aromatic carbocycles. The Morgan fingerprint density at radius 1 is 0.867 bits per heavy atom. The molecule has 2 bridgehead atoms. The summed E-state index contributed by atoms with van der Waals surface area (Å²) in [4.78, 5) is 13.3. The van der Waals surface area contributed by atoms with Gasteiger partial charge in [0.15, 0.2) is 5.78 Å². The molecule has 2 heterocycles. The van der Waals surface area contributed by atoms with Gasteiger partial charge in [0.05, 0.1) is 0 Å². The van der Waals surface area contributed by atoms with Crippen LogP contribution >= 0.6 is 0 Å². The minimum absolute atomic E-state index is 0.0602. The summed E-state index contributed by atoms with van der Waals surface area (Å²) in [7, 11) is 0. The number of hydrogen-bond donors (Lipinski definition) is 1. The number of aryl methyl sites for hydroxylation is 1. The Morgan fingerprint density at radius 3 is 2.37 bits per heavy atom. The Bertz CT molecular complexity index is 1260. The van der Waals surface area contributed by atoms with Gasteiger partial charge in [0.2, 0.25) is 0 Å². The van der Waals surface area contributed by atoms with E-state index in [0.29, 0.717) is 28.3 Å². The van der Waals surface area contributed by atoms with Crippen LogP contribution in [0.1, 0.15) is 21.5 Å². The van der Waals surface area contributed by atoms with Gasteiger partial charge in [0.25, 0.3) is 0 Å². The number of nitrogens with two attached hydrogens (primary N) is 1. The second kappa shape index (κ2) is 7.08. The van der Waals surface area contributed by atoms with Crippen molar-refractivity contribution in [1.82, 2.24) is 0 Å². The summed E-state index contributed by atoms with van der Waals surface area (Å²) in [5.74, 6) is 2.74. The van der Waals surface area contributed by atoms with Crippen molar-refractivity contribution in [3.8, 4) is 34.1 Å². The van der Waals surface area contributed by atoms with Crippen LogP contribution in [0.5, 0.6) is 23.0 Å². The molecule has 0 saturated heterocycles. The summed E-state index contributed by atoms with van der Waals surface area (Å²) in [5, 5.41) is 0. The van der Waals surface area contributed by atoms with Crippen molar-refractivity contribution in [1.29, 1.82) is 0 Å². The number of nitrogen functional groups attached to an aromatic ring is 1. The van der Waals surface area contributed by atoms with Crippen molar-refractivity contribution < 1.29 is 14.3 Å². The standard InChI is InChI=1S/C26H19NO3/c1-16-5-14-23(24-17-6-10-21(11-7-17)30-26(16)24)25(28)18-8-12-20(13-9-18)29-22-4-2-3-19(27)15-22/h2-15H,27H2,1H3. The van der Waals surface area contributed by atoms with E-state index in [4.69, 9.17) is 15.2 Å². The summed E-state index contributed by atoms with van der Waals surface area (Å²) in [6, 6.07) is 26.0. The number of benzene rings is 4. The maximum absolute atomic E-state index is 13.3. The molecular formula is C26H19NO3. The summed E-state index contributed by atoms with van der Waals surface area (Å²) < 4.78 is 11.9. The van der Waals surface area contributed by atoms with Gasteiger partial charge < -0.3 is 15.2 Å². The highest BCUT2D eigenvalue weighted by Crippen LogP contribution is 2.43. The van der Waals surface area contributed by atoms with Crippen LogP contribution in [0.25, 0.3) is 11.1 Å². The summed E-state index contributed by atoms with van der Waals surface area (Å²) in [6.45, 7) is 1.99. The van der Waals surface area contributed by atoms with Gasteiger partial charge in [0, 0.05) is 28.4 Å². The molecule has 0 atom stereocenters. The van der Waals surface area contributed by atoms with Crippen molar-refractivity contribution in [3.63, 3.8) is 0 Å². The Balaban J connectivity index is 1.48. The van der Waals surface area contributed by atoms with E-state index in [2.05, 4.69) is 0 Å². The van der Waals surface area contributed by atoms with Gasteiger partial charge in [-0.1, -0.05) is 24.3 Å². The monoisotopic (exact) mass is 393 g/mol. The number of hydrogen-bond acceptors (Lipinski definition) is 4. The molecule has 0 radical (unpaired) electrons. The fraction of sp³-hybridized carbons (Fsp3) is 0.0385. The zero-order valence-corrected chi connectivity index (χ0v) is 16.4. The van der Waals surface area contributed by atoms with Crippen LogP contribution in [0.15, 0.2) is 84.9 Å². The zero-order valence-electron chi connectivity index (χ0n) is 16.4. The molecule has 30 heavy (non-hydrogen) atoms. The predicted molar refractivity (Wildman–Crippen MR) is 117 cm³/mol. The first-order valence-electron chi connectivity index (χ1n) is 9.68. The molecule has 0 aliphatic carbocycles. The topological polar surface area (TPSA) is 61.5 Å². The molecule has 4 nitrogen and oxygen atoms in total. The zero-order chi connectivity index (χ0) is 20.7. The van der Waals surface area contributed by atoms with Crippen molar-refractivity contribution in [3.05, 3.63) is 102 Å². The molecule has 0 fully saturated rings. The van der Waals surface area contributed by atoms with E-state index in [0.717, 1.165) is 28.2 Å². The molecule has 0 aromatic heterocycles. The molecule has 4 aromatic rings. The molecule has 0 amide bonds. The van der Waals surface area contributed by atoms with E-state index >= 15 is 0 Å². The van der Waals surface area contributed by atoms with E-state index in [1.54, 1.807) is 36.4 Å². The lowest BCUT2D eigenvalue weighted by Crippen LogP contribution is -2.05. The number of anilines is 1. The number of carbonyl (C=O) groups is 1. The van der Waals surface area contributed by atoms with Gasteiger partial charge in [-0.3, -0.25) is 4.79 Å². The van der Waals surface area contributed by atoms with Crippen LogP contribution in [0, 0.1) is 6.92 Å².